The molecule has 2 N–H and O–H groups in total. The van der Waals surface area contributed by atoms with Crippen molar-refractivity contribution in [3.05, 3.63) is 70.8 Å². The third-order valence-electron chi connectivity index (χ3n) is 4.65. The molecule has 0 aliphatic heterocycles. The summed E-state index contributed by atoms with van der Waals surface area (Å²) in [6.45, 7) is 3.79. The van der Waals surface area contributed by atoms with Crippen LogP contribution in [-0.2, 0) is 0 Å². The molecule has 6 nitrogen and oxygen atoms in total. The summed E-state index contributed by atoms with van der Waals surface area (Å²) in [4.78, 5) is 32.7. The van der Waals surface area contributed by atoms with Crippen LogP contribution in [-0.4, -0.2) is 32.1 Å². The topological polar surface area (TPSA) is 100 Å². The minimum Gasteiger partial charge on any atom is -0.478 e. The summed E-state index contributed by atoms with van der Waals surface area (Å²) in [5, 5.41) is 20.3. The fourth-order valence-electron chi connectivity index (χ4n) is 3.29. The van der Waals surface area contributed by atoms with Crippen LogP contribution in [0.15, 0.2) is 48.5 Å². The largest absolute Gasteiger partial charge is 0.478 e. The Morgan fingerprint density at radius 2 is 1.07 bits per heavy atom. The van der Waals surface area contributed by atoms with Crippen molar-refractivity contribution in [1.29, 1.82) is 0 Å². The molecule has 0 saturated heterocycles. The standard InChI is InChI=1S/C22H16N2O4/c1-11-3-5-13-15(21(25)26)9-19(23-17(13)7-11)20-10-16(22(27)28)14-6-4-12(2)8-18(14)24-20/h3-10H,1-2H3,(H,25,26)(H,27,28). The number of aromatic carboxylic acids is 2. The van der Waals surface area contributed by atoms with Gasteiger partial charge in [0, 0.05) is 10.8 Å². The fraction of sp³-hybridized carbons (Fsp3) is 0.0909. The van der Waals surface area contributed by atoms with Crippen molar-refractivity contribution in [3.63, 3.8) is 0 Å². The molecule has 2 heterocycles. The molecule has 138 valence electrons. The van der Waals surface area contributed by atoms with Gasteiger partial charge in [0.1, 0.15) is 0 Å². The zero-order valence-electron chi connectivity index (χ0n) is 15.2. The first kappa shape index (κ1) is 17.6. The molecular weight excluding hydrogens is 356 g/mol. The van der Waals surface area contributed by atoms with Gasteiger partial charge in [-0.05, 0) is 49.2 Å². The van der Waals surface area contributed by atoms with Gasteiger partial charge in [0.25, 0.3) is 0 Å². The van der Waals surface area contributed by atoms with E-state index in [2.05, 4.69) is 9.97 Å². The molecule has 0 aliphatic carbocycles. The van der Waals surface area contributed by atoms with Crippen LogP contribution in [0.2, 0.25) is 0 Å². The van der Waals surface area contributed by atoms with Gasteiger partial charge in [-0.1, -0.05) is 24.3 Å². The molecule has 2 aromatic carbocycles. The van der Waals surface area contributed by atoms with Crippen molar-refractivity contribution < 1.29 is 19.8 Å². The van der Waals surface area contributed by atoms with E-state index >= 15 is 0 Å². The third-order valence-corrected chi connectivity index (χ3v) is 4.65. The monoisotopic (exact) mass is 372 g/mol. The number of carboxylic acids is 2. The second kappa shape index (κ2) is 6.42. The lowest BCUT2D eigenvalue weighted by Crippen LogP contribution is -2.03. The molecule has 0 radical (unpaired) electrons. The number of hydrogen-bond donors (Lipinski definition) is 2. The first-order chi connectivity index (χ1) is 13.3. The van der Waals surface area contributed by atoms with E-state index in [0.717, 1.165) is 11.1 Å². The fourth-order valence-corrected chi connectivity index (χ4v) is 3.29. The molecule has 2 aromatic heterocycles. The van der Waals surface area contributed by atoms with Crippen molar-refractivity contribution in [3.8, 4) is 11.4 Å². The van der Waals surface area contributed by atoms with E-state index in [1.54, 1.807) is 24.3 Å². The number of pyridine rings is 2. The van der Waals surface area contributed by atoms with Gasteiger partial charge >= 0.3 is 11.9 Å². The van der Waals surface area contributed by atoms with Gasteiger partial charge in [-0.15, -0.1) is 0 Å². The maximum Gasteiger partial charge on any atom is 0.336 e. The highest BCUT2D eigenvalue weighted by atomic mass is 16.4. The van der Waals surface area contributed by atoms with E-state index in [0.29, 0.717) is 33.2 Å². The van der Waals surface area contributed by atoms with Crippen LogP contribution >= 0.6 is 0 Å². The average molecular weight is 372 g/mol. The minimum absolute atomic E-state index is 0.100. The molecule has 4 aromatic rings. The highest BCUT2D eigenvalue weighted by molar-refractivity contribution is 6.06. The summed E-state index contributed by atoms with van der Waals surface area (Å²) in [5.41, 5.74) is 3.79. The Morgan fingerprint density at radius 3 is 1.43 bits per heavy atom. The lowest BCUT2D eigenvalue weighted by Gasteiger charge is -2.10. The molecule has 0 bridgehead atoms. The number of nitrogens with zero attached hydrogens (tertiary/aromatic N) is 2. The van der Waals surface area contributed by atoms with Crippen molar-refractivity contribution in [2.45, 2.75) is 13.8 Å². The molecular formula is C22H16N2O4. The van der Waals surface area contributed by atoms with Crippen LogP contribution in [0.3, 0.4) is 0 Å². The van der Waals surface area contributed by atoms with Crippen molar-refractivity contribution in [1.82, 2.24) is 9.97 Å². The van der Waals surface area contributed by atoms with E-state index in [1.807, 2.05) is 26.0 Å². The predicted octanol–water partition coefficient (Wildman–Crippen LogP) is 4.46. The SMILES string of the molecule is Cc1ccc2c(C(=O)O)cc(-c3cc(C(=O)O)c4ccc(C)cc4n3)nc2c1. The van der Waals surface area contributed by atoms with E-state index in [4.69, 9.17) is 0 Å². The molecule has 0 fully saturated rings. The lowest BCUT2D eigenvalue weighted by atomic mass is 10.0. The zero-order valence-corrected chi connectivity index (χ0v) is 15.2. The smallest absolute Gasteiger partial charge is 0.336 e. The maximum atomic E-state index is 11.8. The minimum atomic E-state index is -1.08. The van der Waals surface area contributed by atoms with E-state index in [-0.39, 0.29) is 11.1 Å². The molecule has 0 atom stereocenters. The van der Waals surface area contributed by atoms with E-state index < -0.39 is 11.9 Å². The number of rotatable bonds is 3. The summed E-state index contributed by atoms with van der Waals surface area (Å²) in [7, 11) is 0. The highest BCUT2D eigenvalue weighted by Gasteiger charge is 2.17. The third kappa shape index (κ3) is 2.95. The number of aryl methyl sites for hydroxylation is 2. The zero-order chi connectivity index (χ0) is 20.0. The first-order valence-corrected chi connectivity index (χ1v) is 8.63. The molecule has 4 rings (SSSR count). The molecule has 0 spiro atoms. The molecule has 0 saturated carbocycles. The lowest BCUT2D eigenvalue weighted by molar-refractivity contribution is 0.0688. The second-order valence-electron chi connectivity index (χ2n) is 6.76. The van der Waals surface area contributed by atoms with Gasteiger partial charge in [-0.3, -0.25) is 0 Å². The van der Waals surface area contributed by atoms with Crippen LogP contribution < -0.4 is 0 Å². The van der Waals surface area contributed by atoms with Crippen LogP contribution in [0.5, 0.6) is 0 Å². The normalized spacial score (nSPS) is 11.1. The Balaban J connectivity index is 2.05. The number of hydrogen-bond acceptors (Lipinski definition) is 4. The number of carbonyl (C=O) groups is 2. The Labute approximate surface area is 160 Å². The van der Waals surface area contributed by atoms with Gasteiger partial charge < -0.3 is 10.2 Å². The van der Waals surface area contributed by atoms with Gasteiger partial charge in [0.05, 0.1) is 33.5 Å². The molecule has 0 amide bonds. The molecule has 28 heavy (non-hydrogen) atoms. The molecule has 6 heteroatoms. The summed E-state index contributed by atoms with van der Waals surface area (Å²) in [6, 6.07) is 13.6. The summed E-state index contributed by atoms with van der Waals surface area (Å²) in [5.74, 6) is -2.15. The van der Waals surface area contributed by atoms with E-state index in [9.17, 15) is 19.8 Å². The predicted molar refractivity (Wildman–Crippen MR) is 106 cm³/mol. The number of fused-ring (bicyclic) bond motifs is 2. The van der Waals surface area contributed by atoms with Gasteiger partial charge in [0.2, 0.25) is 0 Å². The Morgan fingerprint density at radius 1 is 0.679 bits per heavy atom. The average Bonchev–Trinajstić information content (AvgIpc) is 2.65. The summed E-state index contributed by atoms with van der Waals surface area (Å²) >= 11 is 0. The van der Waals surface area contributed by atoms with E-state index in [1.165, 1.54) is 12.1 Å². The summed E-state index contributed by atoms with van der Waals surface area (Å²) in [6.07, 6.45) is 0. The Bertz CT molecular complexity index is 1190. The second-order valence-corrected chi connectivity index (χ2v) is 6.76. The maximum absolute atomic E-state index is 11.8. The number of benzene rings is 2. The van der Waals surface area contributed by atoms with Crippen molar-refractivity contribution in [2.24, 2.45) is 0 Å². The van der Waals surface area contributed by atoms with Gasteiger partial charge in [-0.25, -0.2) is 19.6 Å². The first-order valence-electron chi connectivity index (χ1n) is 8.63. The Kier molecular flexibility index (Phi) is 4.04. The summed E-state index contributed by atoms with van der Waals surface area (Å²) < 4.78 is 0. The number of aromatic nitrogens is 2. The molecule has 0 unspecified atom stereocenters. The Hall–Kier alpha value is -3.80. The molecule has 0 aliphatic rings. The van der Waals surface area contributed by atoms with Crippen LogP contribution in [0.25, 0.3) is 33.2 Å². The van der Waals surface area contributed by atoms with Crippen LogP contribution in [0, 0.1) is 13.8 Å². The van der Waals surface area contributed by atoms with Crippen molar-refractivity contribution in [2.75, 3.05) is 0 Å². The quantitative estimate of drug-likeness (QED) is 0.550. The van der Waals surface area contributed by atoms with Crippen LogP contribution in [0.1, 0.15) is 31.8 Å². The van der Waals surface area contributed by atoms with Crippen LogP contribution in [0.4, 0.5) is 0 Å². The van der Waals surface area contributed by atoms with Gasteiger partial charge in [0.15, 0.2) is 0 Å². The van der Waals surface area contributed by atoms with Gasteiger partial charge in [-0.2, -0.15) is 0 Å². The van der Waals surface area contributed by atoms with Crippen molar-refractivity contribution >= 4 is 33.7 Å². The number of carboxylic acid groups (broad SMARTS) is 2. The highest BCUT2D eigenvalue weighted by Crippen LogP contribution is 2.28.